The van der Waals surface area contributed by atoms with Gasteiger partial charge in [-0.2, -0.15) is 0 Å². The second kappa shape index (κ2) is 13.2. The van der Waals surface area contributed by atoms with Crippen LogP contribution in [0.1, 0.15) is 37.5 Å². The molecule has 0 spiro atoms. The molecule has 0 aliphatic heterocycles. The van der Waals surface area contributed by atoms with Crippen LogP contribution in [-0.2, 0) is 5.41 Å². The molecule has 11 rings (SSSR count). The number of anilines is 6. The third-order valence-electron chi connectivity index (χ3n) is 12.3. The molecule has 0 fully saturated rings. The fraction of sp³-hybridized carbons (Fsp3) is 0.107. The zero-order chi connectivity index (χ0) is 40.0. The molecular formula is C56H44N2O. The van der Waals surface area contributed by atoms with Gasteiger partial charge in [0.15, 0.2) is 5.58 Å². The Morgan fingerprint density at radius 3 is 1.41 bits per heavy atom. The molecule has 1 aliphatic carbocycles. The maximum atomic E-state index is 6.90. The smallest absolute Gasteiger partial charge is 0.159 e. The van der Waals surface area contributed by atoms with Crippen LogP contribution in [0.5, 0.6) is 0 Å². The van der Waals surface area contributed by atoms with Crippen molar-refractivity contribution in [2.75, 3.05) is 9.80 Å². The molecule has 3 heteroatoms. The predicted octanol–water partition coefficient (Wildman–Crippen LogP) is 16.4. The zero-order valence-electron chi connectivity index (χ0n) is 34.0. The Labute approximate surface area is 345 Å². The number of benzene rings is 9. The Balaban J connectivity index is 1.01. The molecule has 0 saturated carbocycles. The highest BCUT2D eigenvalue weighted by Gasteiger charge is 2.27. The lowest BCUT2D eigenvalue weighted by Crippen LogP contribution is -2.12. The monoisotopic (exact) mass is 760 g/mol. The van der Waals surface area contributed by atoms with E-state index in [2.05, 4.69) is 220 Å². The van der Waals surface area contributed by atoms with E-state index in [9.17, 15) is 0 Å². The van der Waals surface area contributed by atoms with Crippen LogP contribution in [0.4, 0.5) is 34.1 Å². The van der Waals surface area contributed by atoms with Gasteiger partial charge in [0.2, 0.25) is 0 Å². The standard InChI is InChI=1S/C56H44N2O/c1-35-15-9-11-22-51(35)58(52-23-12-10-16-36(52)2)43-28-26-38-32-47-48-33-39-29-42(27-25-37(39)31-46(48)49(47)34-40(38)30-43)57(41-17-7-6-8-18-41)53-24-14-20-45-44-19-13-21-50(56(3,4)5)54(44)59-55(45)53/h6-34H,1-5H3. The topological polar surface area (TPSA) is 19.6 Å². The molecule has 9 aromatic carbocycles. The van der Waals surface area contributed by atoms with Gasteiger partial charge >= 0.3 is 0 Å². The van der Waals surface area contributed by atoms with E-state index in [4.69, 9.17) is 4.42 Å². The highest BCUT2D eigenvalue weighted by atomic mass is 16.3. The Bertz CT molecular complexity index is 3250. The third-order valence-corrected chi connectivity index (χ3v) is 12.3. The minimum atomic E-state index is -0.0509. The number of hydrogen-bond donors (Lipinski definition) is 0. The van der Waals surface area contributed by atoms with Gasteiger partial charge in [0.05, 0.1) is 5.69 Å². The van der Waals surface area contributed by atoms with Crippen LogP contribution in [0, 0.1) is 13.8 Å². The molecule has 0 radical (unpaired) electrons. The maximum Gasteiger partial charge on any atom is 0.159 e. The average Bonchev–Trinajstić information content (AvgIpc) is 3.64. The SMILES string of the molecule is Cc1ccccc1N(c1ccc2cc3c(cc2c1)-c1cc2ccc(N(c4ccccc4)c4cccc5c4oc4c(C(C)(C)C)cccc45)cc2cc1-3)c1ccccc1C. The Kier molecular flexibility index (Phi) is 7.87. The molecule has 0 atom stereocenters. The summed E-state index contributed by atoms with van der Waals surface area (Å²) in [4.78, 5) is 4.75. The van der Waals surface area contributed by atoms with Gasteiger partial charge in [0, 0.05) is 44.8 Å². The molecule has 1 aliphatic rings. The summed E-state index contributed by atoms with van der Waals surface area (Å²) in [6, 6.07) is 64.3. The average molecular weight is 761 g/mol. The molecule has 0 bridgehead atoms. The normalized spacial score (nSPS) is 12.2. The first-order chi connectivity index (χ1) is 28.7. The zero-order valence-corrected chi connectivity index (χ0v) is 34.0. The van der Waals surface area contributed by atoms with Crippen molar-refractivity contribution in [3.05, 3.63) is 193 Å². The molecule has 1 aromatic heterocycles. The highest BCUT2D eigenvalue weighted by molar-refractivity contribution is 6.14. The Morgan fingerprint density at radius 2 is 0.847 bits per heavy atom. The largest absolute Gasteiger partial charge is 0.454 e. The molecule has 10 aromatic rings. The lowest BCUT2D eigenvalue weighted by molar-refractivity contribution is 0.573. The fourth-order valence-electron chi connectivity index (χ4n) is 9.29. The van der Waals surface area contributed by atoms with Crippen molar-refractivity contribution < 1.29 is 4.42 Å². The van der Waals surface area contributed by atoms with E-state index >= 15 is 0 Å². The fourth-order valence-corrected chi connectivity index (χ4v) is 9.29. The van der Waals surface area contributed by atoms with Gasteiger partial charge in [-0.15, -0.1) is 0 Å². The molecular weight excluding hydrogens is 717 g/mol. The van der Waals surface area contributed by atoms with Crippen LogP contribution in [-0.4, -0.2) is 0 Å². The second-order valence-corrected chi connectivity index (χ2v) is 17.1. The molecule has 0 unspecified atom stereocenters. The van der Waals surface area contributed by atoms with Gasteiger partial charge in [-0.25, -0.2) is 0 Å². The highest BCUT2D eigenvalue weighted by Crippen LogP contribution is 2.52. The van der Waals surface area contributed by atoms with Gasteiger partial charge in [-0.3, -0.25) is 0 Å². The van der Waals surface area contributed by atoms with E-state index in [-0.39, 0.29) is 5.41 Å². The molecule has 1 heterocycles. The van der Waals surface area contributed by atoms with Gasteiger partial charge in [-0.1, -0.05) is 118 Å². The first kappa shape index (κ1) is 35.1. The molecule has 0 saturated heterocycles. The summed E-state index contributed by atoms with van der Waals surface area (Å²) in [5.74, 6) is 0. The van der Waals surface area contributed by atoms with E-state index in [1.165, 1.54) is 71.9 Å². The van der Waals surface area contributed by atoms with Crippen molar-refractivity contribution >= 4 is 77.6 Å². The maximum absolute atomic E-state index is 6.90. The molecule has 59 heavy (non-hydrogen) atoms. The van der Waals surface area contributed by atoms with Crippen molar-refractivity contribution in [3.63, 3.8) is 0 Å². The molecule has 0 N–H and O–H groups in total. The van der Waals surface area contributed by atoms with E-state index < -0.39 is 0 Å². The Hall–Kier alpha value is -7.10. The number of rotatable bonds is 6. The van der Waals surface area contributed by atoms with Crippen molar-refractivity contribution in [1.29, 1.82) is 0 Å². The number of aryl methyl sites for hydroxylation is 2. The lowest BCUT2D eigenvalue weighted by Gasteiger charge is -2.29. The first-order valence-electron chi connectivity index (χ1n) is 20.6. The lowest BCUT2D eigenvalue weighted by atomic mass is 9.78. The van der Waals surface area contributed by atoms with Crippen LogP contribution < -0.4 is 9.80 Å². The second-order valence-electron chi connectivity index (χ2n) is 17.1. The summed E-state index contributed by atoms with van der Waals surface area (Å²) in [6.07, 6.45) is 0. The van der Waals surface area contributed by atoms with Crippen LogP contribution in [0.15, 0.2) is 180 Å². The summed E-state index contributed by atoms with van der Waals surface area (Å²) >= 11 is 0. The van der Waals surface area contributed by atoms with Gasteiger partial charge < -0.3 is 14.2 Å². The van der Waals surface area contributed by atoms with Gasteiger partial charge in [-0.05, 0) is 153 Å². The van der Waals surface area contributed by atoms with E-state index in [1.54, 1.807) is 0 Å². The first-order valence-corrected chi connectivity index (χ1v) is 20.6. The van der Waals surface area contributed by atoms with Crippen molar-refractivity contribution in [2.24, 2.45) is 0 Å². The summed E-state index contributed by atoms with van der Waals surface area (Å²) in [5, 5.41) is 7.19. The third kappa shape index (κ3) is 5.64. The minimum Gasteiger partial charge on any atom is -0.454 e. The van der Waals surface area contributed by atoms with Crippen LogP contribution in [0.25, 0.3) is 65.7 Å². The van der Waals surface area contributed by atoms with Gasteiger partial charge in [0.1, 0.15) is 5.58 Å². The number of fused-ring (bicyclic) bond motifs is 9. The van der Waals surface area contributed by atoms with Crippen LogP contribution in [0.3, 0.4) is 0 Å². The Morgan fingerprint density at radius 1 is 0.373 bits per heavy atom. The quantitative estimate of drug-likeness (QED) is 0.168. The van der Waals surface area contributed by atoms with E-state index in [0.29, 0.717) is 0 Å². The summed E-state index contributed by atoms with van der Waals surface area (Å²) in [5.41, 5.74) is 17.5. The number of nitrogens with zero attached hydrogens (tertiary/aromatic N) is 2. The minimum absolute atomic E-state index is 0.0509. The van der Waals surface area contributed by atoms with Crippen molar-refractivity contribution in [2.45, 2.75) is 40.0 Å². The number of hydrogen-bond acceptors (Lipinski definition) is 3. The summed E-state index contributed by atoms with van der Waals surface area (Å²) in [7, 11) is 0. The van der Waals surface area contributed by atoms with E-state index in [1.807, 2.05) is 0 Å². The summed E-state index contributed by atoms with van der Waals surface area (Å²) < 4.78 is 6.90. The van der Waals surface area contributed by atoms with Crippen LogP contribution in [0.2, 0.25) is 0 Å². The molecule has 3 nitrogen and oxygen atoms in total. The summed E-state index contributed by atoms with van der Waals surface area (Å²) in [6.45, 7) is 11.1. The van der Waals surface area contributed by atoms with Crippen molar-refractivity contribution in [1.82, 2.24) is 0 Å². The molecule has 284 valence electrons. The van der Waals surface area contributed by atoms with Crippen molar-refractivity contribution in [3.8, 4) is 22.3 Å². The molecule has 0 amide bonds. The van der Waals surface area contributed by atoms with Crippen LogP contribution >= 0.6 is 0 Å². The predicted molar refractivity (Wildman–Crippen MR) is 251 cm³/mol. The van der Waals surface area contributed by atoms with E-state index in [0.717, 1.165) is 44.7 Å². The number of para-hydroxylation sites is 5. The number of furan rings is 1. The van der Waals surface area contributed by atoms with Gasteiger partial charge in [0.25, 0.3) is 0 Å².